The summed E-state index contributed by atoms with van der Waals surface area (Å²) in [4.78, 5) is 12.4. The molecule has 1 N–H and O–H groups in total. The summed E-state index contributed by atoms with van der Waals surface area (Å²) < 4.78 is 1.82. The van der Waals surface area contributed by atoms with Crippen molar-refractivity contribution in [3.63, 3.8) is 0 Å². The molecular formula is C11H13N3OS. The van der Waals surface area contributed by atoms with E-state index in [9.17, 15) is 4.79 Å². The van der Waals surface area contributed by atoms with Crippen LogP contribution in [-0.4, -0.2) is 22.2 Å². The largest absolute Gasteiger partial charge is 0.351 e. The van der Waals surface area contributed by atoms with Crippen LogP contribution in [0.2, 0.25) is 0 Å². The van der Waals surface area contributed by atoms with Crippen molar-refractivity contribution in [3.05, 3.63) is 40.3 Å². The minimum absolute atomic E-state index is 0.00262. The lowest BCUT2D eigenvalue weighted by molar-refractivity contribution is 0.0958. The lowest BCUT2D eigenvalue weighted by atomic mass is 10.3. The summed E-state index contributed by atoms with van der Waals surface area (Å²) in [6.07, 6.45) is 2.56. The molecule has 2 aromatic heterocycles. The number of thiophene rings is 1. The first-order valence-electron chi connectivity index (χ1n) is 5.06. The second-order valence-electron chi connectivity index (χ2n) is 3.43. The molecule has 0 saturated heterocycles. The van der Waals surface area contributed by atoms with Crippen LogP contribution in [0.1, 0.15) is 15.4 Å². The third-order valence-corrected chi connectivity index (χ3v) is 3.20. The van der Waals surface area contributed by atoms with Gasteiger partial charge in [0, 0.05) is 31.9 Å². The Labute approximate surface area is 97.9 Å². The molecule has 0 radical (unpaired) electrons. The Morgan fingerprint density at radius 3 is 3.06 bits per heavy atom. The standard InChI is InChI=1S/C11H13N3OS/c1-14-9(5-7-13-14)4-6-12-11(15)10-3-2-8-16-10/h2-3,5,7-8H,4,6H2,1H3,(H,12,15). The molecule has 2 rings (SSSR count). The molecule has 0 bridgehead atoms. The molecule has 0 aliphatic heterocycles. The van der Waals surface area contributed by atoms with E-state index in [1.807, 2.05) is 35.3 Å². The van der Waals surface area contributed by atoms with Gasteiger partial charge in [0.05, 0.1) is 4.88 Å². The highest BCUT2D eigenvalue weighted by atomic mass is 32.1. The molecule has 2 aromatic rings. The van der Waals surface area contributed by atoms with E-state index in [1.54, 1.807) is 6.20 Å². The van der Waals surface area contributed by atoms with Gasteiger partial charge in [0.1, 0.15) is 0 Å². The van der Waals surface area contributed by atoms with Crippen LogP contribution in [-0.2, 0) is 13.5 Å². The molecule has 4 nitrogen and oxygen atoms in total. The maximum Gasteiger partial charge on any atom is 0.261 e. The van der Waals surface area contributed by atoms with E-state index in [4.69, 9.17) is 0 Å². The molecular weight excluding hydrogens is 222 g/mol. The fourth-order valence-corrected chi connectivity index (χ4v) is 2.09. The van der Waals surface area contributed by atoms with Crippen molar-refractivity contribution >= 4 is 17.2 Å². The van der Waals surface area contributed by atoms with Crippen LogP contribution in [0.4, 0.5) is 0 Å². The number of aryl methyl sites for hydroxylation is 1. The van der Waals surface area contributed by atoms with Gasteiger partial charge in [0.15, 0.2) is 0 Å². The van der Waals surface area contributed by atoms with Gasteiger partial charge in [-0.2, -0.15) is 5.10 Å². The fourth-order valence-electron chi connectivity index (χ4n) is 1.45. The van der Waals surface area contributed by atoms with Gasteiger partial charge in [-0.15, -0.1) is 11.3 Å². The molecule has 0 aliphatic rings. The molecule has 0 aromatic carbocycles. The van der Waals surface area contributed by atoms with Crippen LogP contribution in [0.5, 0.6) is 0 Å². The van der Waals surface area contributed by atoms with Crippen molar-refractivity contribution in [1.29, 1.82) is 0 Å². The maximum absolute atomic E-state index is 11.6. The van der Waals surface area contributed by atoms with Gasteiger partial charge < -0.3 is 5.32 Å². The second kappa shape index (κ2) is 4.94. The minimum Gasteiger partial charge on any atom is -0.351 e. The van der Waals surface area contributed by atoms with Crippen molar-refractivity contribution in [2.45, 2.75) is 6.42 Å². The third-order valence-electron chi connectivity index (χ3n) is 2.33. The van der Waals surface area contributed by atoms with Crippen LogP contribution < -0.4 is 5.32 Å². The van der Waals surface area contributed by atoms with Gasteiger partial charge in [-0.1, -0.05) is 6.07 Å². The first-order valence-corrected chi connectivity index (χ1v) is 5.94. The Morgan fingerprint density at radius 2 is 2.44 bits per heavy atom. The molecule has 2 heterocycles. The predicted molar refractivity (Wildman–Crippen MR) is 63.6 cm³/mol. The van der Waals surface area contributed by atoms with E-state index in [2.05, 4.69) is 10.4 Å². The molecule has 84 valence electrons. The van der Waals surface area contributed by atoms with Crippen LogP contribution >= 0.6 is 11.3 Å². The zero-order chi connectivity index (χ0) is 11.4. The topological polar surface area (TPSA) is 46.9 Å². The normalized spacial score (nSPS) is 10.3. The minimum atomic E-state index is -0.00262. The number of carbonyl (C=O) groups is 1. The average molecular weight is 235 g/mol. The Kier molecular flexibility index (Phi) is 3.36. The third kappa shape index (κ3) is 2.49. The number of hydrogen-bond donors (Lipinski definition) is 1. The van der Waals surface area contributed by atoms with E-state index in [1.165, 1.54) is 11.3 Å². The number of rotatable bonds is 4. The van der Waals surface area contributed by atoms with E-state index in [0.717, 1.165) is 17.0 Å². The van der Waals surface area contributed by atoms with Crippen molar-refractivity contribution in [1.82, 2.24) is 15.1 Å². The predicted octanol–water partition coefficient (Wildman–Crippen LogP) is 1.45. The summed E-state index contributed by atoms with van der Waals surface area (Å²) in [5.74, 6) is -0.00262. The van der Waals surface area contributed by atoms with E-state index < -0.39 is 0 Å². The Bertz CT molecular complexity index is 461. The SMILES string of the molecule is Cn1nccc1CCNC(=O)c1cccs1. The maximum atomic E-state index is 11.6. The zero-order valence-corrected chi connectivity index (χ0v) is 9.83. The van der Waals surface area contributed by atoms with Crippen molar-refractivity contribution in [2.75, 3.05) is 6.54 Å². The zero-order valence-electron chi connectivity index (χ0n) is 9.01. The quantitative estimate of drug-likeness (QED) is 0.872. The van der Waals surface area contributed by atoms with Gasteiger partial charge in [0.2, 0.25) is 0 Å². The van der Waals surface area contributed by atoms with Gasteiger partial charge >= 0.3 is 0 Å². The molecule has 0 atom stereocenters. The second-order valence-corrected chi connectivity index (χ2v) is 4.38. The molecule has 1 amide bonds. The summed E-state index contributed by atoms with van der Waals surface area (Å²) in [6, 6.07) is 5.65. The number of nitrogens with one attached hydrogen (secondary N) is 1. The summed E-state index contributed by atoms with van der Waals surface area (Å²) in [5.41, 5.74) is 1.12. The van der Waals surface area contributed by atoms with E-state index in [-0.39, 0.29) is 5.91 Å². The highest BCUT2D eigenvalue weighted by Crippen LogP contribution is 2.07. The lowest BCUT2D eigenvalue weighted by Crippen LogP contribution is -2.25. The number of hydrogen-bond acceptors (Lipinski definition) is 3. The molecule has 0 aliphatic carbocycles. The van der Waals surface area contributed by atoms with Crippen LogP contribution in [0, 0.1) is 0 Å². The number of amides is 1. The van der Waals surface area contributed by atoms with Crippen LogP contribution in [0.3, 0.4) is 0 Å². The summed E-state index contributed by atoms with van der Waals surface area (Å²) in [6.45, 7) is 0.635. The van der Waals surface area contributed by atoms with E-state index >= 15 is 0 Å². The Morgan fingerprint density at radius 1 is 1.56 bits per heavy atom. The van der Waals surface area contributed by atoms with Crippen molar-refractivity contribution in [2.24, 2.45) is 7.05 Å². The summed E-state index contributed by atoms with van der Waals surface area (Å²) in [5, 5.41) is 8.85. The van der Waals surface area contributed by atoms with Crippen molar-refractivity contribution in [3.8, 4) is 0 Å². The summed E-state index contributed by atoms with van der Waals surface area (Å²) >= 11 is 1.45. The highest BCUT2D eigenvalue weighted by molar-refractivity contribution is 7.12. The average Bonchev–Trinajstić information content (AvgIpc) is 2.90. The Hall–Kier alpha value is -1.62. The van der Waals surface area contributed by atoms with Gasteiger partial charge in [-0.3, -0.25) is 9.48 Å². The first-order chi connectivity index (χ1) is 7.77. The van der Waals surface area contributed by atoms with Gasteiger partial charge in [-0.05, 0) is 17.5 Å². The van der Waals surface area contributed by atoms with E-state index in [0.29, 0.717) is 6.54 Å². The summed E-state index contributed by atoms with van der Waals surface area (Å²) in [7, 11) is 1.90. The fraction of sp³-hybridized carbons (Fsp3) is 0.273. The van der Waals surface area contributed by atoms with Gasteiger partial charge in [-0.25, -0.2) is 0 Å². The molecule has 0 fully saturated rings. The molecule has 0 saturated carbocycles. The number of carbonyl (C=O) groups excluding carboxylic acids is 1. The molecule has 5 heteroatoms. The molecule has 0 spiro atoms. The lowest BCUT2D eigenvalue weighted by Gasteiger charge is -2.03. The van der Waals surface area contributed by atoms with Crippen molar-refractivity contribution < 1.29 is 4.79 Å². The Balaban J connectivity index is 1.81. The smallest absolute Gasteiger partial charge is 0.261 e. The molecule has 0 unspecified atom stereocenters. The highest BCUT2D eigenvalue weighted by Gasteiger charge is 2.05. The van der Waals surface area contributed by atoms with Crippen LogP contribution in [0.15, 0.2) is 29.8 Å². The van der Waals surface area contributed by atoms with Crippen LogP contribution in [0.25, 0.3) is 0 Å². The van der Waals surface area contributed by atoms with Gasteiger partial charge in [0.25, 0.3) is 5.91 Å². The number of nitrogens with zero attached hydrogens (tertiary/aromatic N) is 2. The molecule has 16 heavy (non-hydrogen) atoms. The monoisotopic (exact) mass is 235 g/mol. The number of aromatic nitrogens is 2. The first kappa shape index (κ1) is 10.9.